The lowest BCUT2D eigenvalue weighted by Crippen LogP contribution is -2.50. The zero-order valence-electron chi connectivity index (χ0n) is 15.4. The number of para-hydroxylation sites is 1. The van der Waals surface area contributed by atoms with Gasteiger partial charge in [-0.3, -0.25) is 0 Å². The van der Waals surface area contributed by atoms with Gasteiger partial charge in [-0.1, -0.05) is 24.6 Å². The fourth-order valence-electron chi connectivity index (χ4n) is 3.23. The average molecular weight is 427 g/mol. The van der Waals surface area contributed by atoms with E-state index in [1.165, 1.54) is 0 Å². The summed E-state index contributed by atoms with van der Waals surface area (Å²) in [5.41, 5.74) is 0.571. The molecule has 0 saturated carbocycles. The first-order valence-corrected chi connectivity index (χ1v) is 10.5. The van der Waals surface area contributed by atoms with Gasteiger partial charge >= 0.3 is 6.03 Å². The molecule has 1 aliphatic rings. The van der Waals surface area contributed by atoms with Crippen molar-refractivity contribution in [3.63, 3.8) is 0 Å². The second-order valence-corrected chi connectivity index (χ2v) is 8.52. The number of piperidine rings is 1. The molecule has 1 unspecified atom stereocenters. The SMILES string of the molecule is O=C(NCC1CCCCN1S(=O)(=O)c1cc(F)c(F)cc1F)Nc1ccccc1. The molecule has 1 heterocycles. The topological polar surface area (TPSA) is 78.5 Å². The fraction of sp³-hybridized carbons (Fsp3) is 0.316. The number of amides is 2. The number of carbonyl (C=O) groups excluding carboxylic acids is 1. The van der Waals surface area contributed by atoms with Crippen LogP contribution in [0.3, 0.4) is 0 Å². The van der Waals surface area contributed by atoms with E-state index < -0.39 is 44.4 Å². The molecule has 2 N–H and O–H groups in total. The van der Waals surface area contributed by atoms with E-state index >= 15 is 0 Å². The minimum atomic E-state index is -4.41. The van der Waals surface area contributed by atoms with Gasteiger partial charge in [0.1, 0.15) is 10.7 Å². The first-order chi connectivity index (χ1) is 13.8. The van der Waals surface area contributed by atoms with Crippen LogP contribution in [-0.2, 0) is 10.0 Å². The monoisotopic (exact) mass is 427 g/mol. The summed E-state index contributed by atoms with van der Waals surface area (Å²) >= 11 is 0. The molecule has 2 aromatic rings. The summed E-state index contributed by atoms with van der Waals surface area (Å²) in [6, 6.07) is 8.11. The predicted octanol–water partition coefficient (Wildman–Crippen LogP) is 3.47. The molecule has 1 aliphatic heterocycles. The highest BCUT2D eigenvalue weighted by atomic mass is 32.2. The van der Waals surface area contributed by atoms with Crippen molar-refractivity contribution >= 4 is 21.7 Å². The number of rotatable bonds is 5. The fourth-order valence-corrected chi connectivity index (χ4v) is 4.98. The molecule has 2 amide bonds. The van der Waals surface area contributed by atoms with Crippen molar-refractivity contribution in [2.24, 2.45) is 0 Å². The first-order valence-electron chi connectivity index (χ1n) is 9.05. The van der Waals surface area contributed by atoms with E-state index in [1.54, 1.807) is 30.3 Å². The van der Waals surface area contributed by atoms with E-state index in [0.717, 1.165) is 10.7 Å². The first kappa shape index (κ1) is 21.1. The molecule has 29 heavy (non-hydrogen) atoms. The van der Waals surface area contributed by atoms with Crippen LogP contribution >= 0.6 is 0 Å². The summed E-state index contributed by atoms with van der Waals surface area (Å²) in [6.45, 7) is 0.0800. The number of nitrogens with zero attached hydrogens (tertiary/aromatic N) is 1. The lowest BCUT2D eigenvalue weighted by atomic mass is 10.1. The molecule has 2 aromatic carbocycles. The highest BCUT2D eigenvalue weighted by Crippen LogP contribution is 2.28. The number of benzene rings is 2. The molecule has 0 aromatic heterocycles. The normalized spacial score (nSPS) is 17.7. The third-order valence-electron chi connectivity index (χ3n) is 4.66. The molecule has 0 bridgehead atoms. The van der Waals surface area contributed by atoms with Crippen molar-refractivity contribution in [1.29, 1.82) is 0 Å². The van der Waals surface area contributed by atoms with E-state index in [4.69, 9.17) is 0 Å². The number of carbonyl (C=O) groups is 1. The number of urea groups is 1. The molecular formula is C19H20F3N3O3S. The second kappa shape index (κ2) is 8.83. The predicted molar refractivity (Wildman–Crippen MR) is 101 cm³/mol. The molecule has 1 saturated heterocycles. The maximum atomic E-state index is 14.1. The van der Waals surface area contributed by atoms with Crippen LogP contribution < -0.4 is 10.6 Å². The summed E-state index contributed by atoms with van der Waals surface area (Å²) in [5, 5.41) is 5.23. The van der Waals surface area contributed by atoms with Gasteiger partial charge in [0.15, 0.2) is 11.6 Å². The van der Waals surface area contributed by atoms with Crippen LogP contribution in [0.1, 0.15) is 19.3 Å². The Bertz CT molecular complexity index is 987. The number of anilines is 1. The third-order valence-corrected chi connectivity index (χ3v) is 6.63. The van der Waals surface area contributed by atoms with Crippen molar-refractivity contribution in [2.75, 3.05) is 18.4 Å². The van der Waals surface area contributed by atoms with Crippen molar-refractivity contribution in [2.45, 2.75) is 30.2 Å². The van der Waals surface area contributed by atoms with Crippen molar-refractivity contribution in [3.05, 3.63) is 59.9 Å². The van der Waals surface area contributed by atoms with E-state index in [1.807, 2.05) is 0 Å². The van der Waals surface area contributed by atoms with Gasteiger partial charge in [-0.2, -0.15) is 4.31 Å². The lowest BCUT2D eigenvalue weighted by molar-refractivity contribution is 0.231. The van der Waals surface area contributed by atoms with E-state index in [-0.39, 0.29) is 19.2 Å². The van der Waals surface area contributed by atoms with Crippen LogP contribution in [0.25, 0.3) is 0 Å². The van der Waals surface area contributed by atoms with Gasteiger partial charge in [-0.25, -0.2) is 26.4 Å². The minimum absolute atomic E-state index is 0.0107. The number of hydrogen-bond acceptors (Lipinski definition) is 3. The van der Waals surface area contributed by atoms with Crippen LogP contribution in [0, 0.1) is 17.5 Å². The lowest BCUT2D eigenvalue weighted by Gasteiger charge is -2.34. The Hall–Kier alpha value is -2.59. The Kier molecular flexibility index (Phi) is 6.43. The van der Waals surface area contributed by atoms with Gasteiger partial charge in [0.2, 0.25) is 10.0 Å². The summed E-state index contributed by atoms with van der Waals surface area (Å²) < 4.78 is 67.6. The zero-order chi connectivity index (χ0) is 21.0. The van der Waals surface area contributed by atoms with Crippen LogP contribution in [0.4, 0.5) is 23.7 Å². The molecule has 0 radical (unpaired) electrons. The van der Waals surface area contributed by atoms with Gasteiger partial charge < -0.3 is 10.6 Å². The van der Waals surface area contributed by atoms with E-state index in [0.29, 0.717) is 24.6 Å². The molecule has 1 fully saturated rings. The Morgan fingerprint density at radius 2 is 1.72 bits per heavy atom. The molecule has 3 rings (SSSR count). The summed E-state index contributed by atoms with van der Waals surface area (Å²) in [6.07, 6.45) is 1.70. The van der Waals surface area contributed by atoms with Gasteiger partial charge in [-0.15, -0.1) is 0 Å². The zero-order valence-corrected chi connectivity index (χ0v) is 16.2. The summed E-state index contributed by atoms with van der Waals surface area (Å²) in [5.74, 6) is -4.27. The quantitative estimate of drug-likeness (QED) is 0.718. The van der Waals surface area contributed by atoms with E-state index in [9.17, 15) is 26.4 Å². The number of halogens is 3. The highest BCUT2D eigenvalue weighted by Gasteiger charge is 2.36. The summed E-state index contributed by atoms with van der Waals surface area (Å²) in [7, 11) is -4.41. The molecule has 156 valence electrons. The van der Waals surface area contributed by atoms with Gasteiger partial charge in [0.25, 0.3) is 0 Å². The molecule has 1 atom stereocenters. The van der Waals surface area contributed by atoms with Crippen LogP contribution in [-0.4, -0.2) is 37.9 Å². The number of sulfonamides is 1. The van der Waals surface area contributed by atoms with Crippen LogP contribution in [0.15, 0.2) is 47.4 Å². The number of hydrogen-bond donors (Lipinski definition) is 2. The summed E-state index contributed by atoms with van der Waals surface area (Å²) in [4.78, 5) is 11.2. The second-order valence-electron chi connectivity index (χ2n) is 6.66. The molecule has 6 nitrogen and oxygen atoms in total. The number of nitrogens with one attached hydrogen (secondary N) is 2. The molecule has 0 spiro atoms. The van der Waals surface area contributed by atoms with Gasteiger partial charge in [0.05, 0.1) is 0 Å². The van der Waals surface area contributed by atoms with Gasteiger partial charge in [0, 0.05) is 30.9 Å². The highest BCUT2D eigenvalue weighted by molar-refractivity contribution is 7.89. The smallest absolute Gasteiger partial charge is 0.319 e. The maximum Gasteiger partial charge on any atom is 0.319 e. The van der Waals surface area contributed by atoms with Crippen LogP contribution in [0.5, 0.6) is 0 Å². The molecule has 10 heteroatoms. The maximum absolute atomic E-state index is 14.1. The largest absolute Gasteiger partial charge is 0.336 e. The van der Waals surface area contributed by atoms with Crippen molar-refractivity contribution in [1.82, 2.24) is 9.62 Å². The third kappa shape index (κ3) is 4.88. The van der Waals surface area contributed by atoms with Crippen molar-refractivity contribution < 1.29 is 26.4 Å². The molecular weight excluding hydrogens is 407 g/mol. The van der Waals surface area contributed by atoms with Crippen molar-refractivity contribution in [3.8, 4) is 0 Å². The van der Waals surface area contributed by atoms with Crippen LogP contribution in [0.2, 0.25) is 0 Å². The Balaban J connectivity index is 1.74. The Morgan fingerprint density at radius 3 is 2.45 bits per heavy atom. The minimum Gasteiger partial charge on any atom is -0.336 e. The average Bonchev–Trinajstić information content (AvgIpc) is 2.70. The standard InChI is InChI=1S/C19H20F3N3O3S/c20-15-10-17(22)18(11-16(15)21)29(27,28)25-9-5-4-8-14(25)12-23-19(26)24-13-6-2-1-3-7-13/h1-3,6-7,10-11,14H,4-5,8-9,12H2,(H2,23,24,26). The Morgan fingerprint density at radius 1 is 1.03 bits per heavy atom. The Labute approximate surface area is 166 Å². The van der Waals surface area contributed by atoms with E-state index in [2.05, 4.69) is 10.6 Å². The molecule has 0 aliphatic carbocycles. The van der Waals surface area contributed by atoms with Gasteiger partial charge in [-0.05, 0) is 31.0 Å².